The average Bonchev–Trinajstić information content (AvgIpc) is 2.44. The zero-order valence-corrected chi connectivity index (χ0v) is 12.4. The molecular formula is C15H27NO4. The highest BCUT2D eigenvalue weighted by molar-refractivity contribution is 5.83. The van der Waals surface area contributed by atoms with Crippen LogP contribution in [-0.4, -0.2) is 36.2 Å². The second kappa shape index (κ2) is 9.75. The highest BCUT2D eigenvalue weighted by Crippen LogP contribution is 2.20. The third-order valence-corrected chi connectivity index (χ3v) is 3.84. The van der Waals surface area contributed by atoms with Gasteiger partial charge in [-0.05, 0) is 38.0 Å². The summed E-state index contributed by atoms with van der Waals surface area (Å²) in [5, 5.41) is 11.7. The van der Waals surface area contributed by atoms with Gasteiger partial charge < -0.3 is 15.2 Å². The summed E-state index contributed by atoms with van der Waals surface area (Å²) < 4.78 is 5.30. The normalized spacial score (nSPS) is 17.6. The second-order valence-electron chi connectivity index (χ2n) is 5.55. The largest absolute Gasteiger partial charge is 0.480 e. The van der Waals surface area contributed by atoms with Gasteiger partial charge in [-0.15, -0.1) is 0 Å². The van der Waals surface area contributed by atoms with Crippen LogP contribution >= 0.6 is 0 Å². The summed E-state index contributed by atoms with van der Waals surface area (Å²) in [6.45, 7) is 3.67. The van der Waals surface area contributed by atoms with Crippen LogP contribution in [0.4, 0.5) is 0 Å². The zero-order valence-electron chi connectivity index (χ0n) is 12.4. The van der Waals surface area contributed by atoms with Gasteiger partial charge in [0.05, 0.1) is 0 Å². The third kappa shape index (κ3) is 6.89. The Kier molecular flexibility index (Phi) is 8.26. The minimum absolute atomic E-state index is 0.138. The van der Waals surface area contributed by atoms with Gasteiger partial charge in [0.15, 0.2) is 0 Å². The minimum Gasteiger partial charge on any atom is -0.480 e. The quantitative estimate of drug-likeness (QED) is 0.682. The van der Waals surface area contributed by atoms with E-state index in [1.165, 1.54) is 0 Å². The number of ether oxygens (including phenoxy) is 1. The molecule has 0 spiro atoms. The number of nitrogens with one attached hydrogen (secondary N) is 1. The Morgan fingerprint density at radius 3 is 2.60 bits per heavy atom. The smallest absolute Gasteiger partial charge is 0.326 e. The predicted octanol–water partition coefficient (Wildman–Crippen LogP) is 2.34. The lowest BCUT2D eigenvalue weighted by Crippen LogP contribution is -2.40. The van der Waals surface area contributed by atoms with Crippen LogP contribution in [0.15, 0.2) is 0 Å². The molecule has 1 atom stereocenters. The lowest BCUT2D eigenvalue weighted by atomic mass is 9.94. The molecular weight excluding hydrogens is 258 g/mol. The molecule has 1 saturated heterocycles. The summed E-state index contributed by atoms with van der Waals surface area (Å²) >= 11 is 0. The van der Waals surface area contributed by atoms with Crippen molar-refractivity contribution in [2.45, 2.75) is 64.3 Å². The number of carbonyl (C=O) groups excluding carboxylic acids is 1. The number of rotatable bonds is 9. The van der Waals surface area contributed by atoms with E-state index in [1.54, 1.807) is 0 Å². The molecule has 1 heterocycles. The van der Waals surface area contributed by atoms with Crippen LogP contribution in [0.2, 0.25) is 0 Å². The number of hydrogen-bond acceptors (Lipinski definition) is 3. The first kappa shape index (κ1) is 17.0. The van der Waals surface area contributed by atoms with E-state index in [2.05, 4.69) is 5.32 Å². The Labute approximate surface area is 121 Å². The number of aliphatic carboxylic acids is 1. The van der Waals surface area contributed by atoms with Crippen molar-refractivity contribution in [3.8, 4) is 0 Å². The summed E-state index contributed by atoms with van der Waals surface area (Å²) in [7, 11) is 0. The van der Waals surface area contributed by atoms with Crippen LogP contribution < -0.4 is 5.32 Å². The van der Waals surface area contributed by atoms with Gasteiger partial charge in [0.2, 0.25) is 5.91 Å². The molecule has 0 radical (unpaired) electrons. The summed E-state index contributed by atoms with van der Waals surface area (Å²) in [5.74, 6) is -0.413. The third-order valence-electron chi connectivity index (χ3n) is 3.84. The number of carboxylic acid groups (broad SMARTS) is 1. The van der Waals surface area contributed by atoms with Gasteiger partial charge in [0.25, 0.3) is 0 Å². The molecule has 1 aliphatic heterocycles. The number of carboxylic acids is 1. The van der Waals surface area contributed by atoms with Gasteiger partial charge in [0, 0.05) is 19.6 Å². The lowest BCUT2D eigenvalue weighted by Gasteiger charge is -2.21. The molecule has 0 aromatic heterocycles. The van der Waals surface area contributed by atoms with E-state index in [1.807, 2.05) is 6.92 Å². The molecule has 0 bridgehead atoms. The highest BCUT2D eigenvalue weighted by Gasteiger charge is 2.19. The van der Waals surface area contributed by atoms with Crippen LogP contribution in [0, 0.1) is 5.92 Å². The van der Waals surface area contributed by atoms with Crippen molar-refractivity contribution in [3.63, 3.8) is 0 Å². The summed E-state index contributed by atoms with van der Waals surface area (Å²) in [5.41, 5.74) is 0. The molecule has 20 heavy (non-hydrogen) atoms. The SMILES string of the molecule is CCCCC(NC(=O)CCCC1CCOCC1)C(=O)O. The lowest BCUT2D eigenvalue weighted by molar-refractivity contribution is -0.142. The van der Waals surface area contributed by atoms with Crippen LogP contribution in [-0.2, 0) is 14.3 Å². The summed E-state index contributed by atoms with van der Waals surface area (Å²) in [4.78, 5) is 22.8. The molecule has 1 amide bonds. The van der Waals surface area contributed by atoms with Gasteiger partial charge in [-0.1, -0.05) is 19.8 Å². The number of hydrogen-bond donors (Lipinski definition) is 2. The van der Waals surface area contributed by atoms with Crippen LogP contribution in [0.1, 0.15) is 58.3 Å². The molecule has 0 aliphatic carbocycles. The maximum atomic E-state index is 11.8. The molecule has 1 fully saturated rings. The van der Waals surface area contributed by atoms with Crippen LogP contribution in [0.3, 0.4) is 0 Å². The maximum absolute atomic E-state index is 11.8. The molecule has 2 N–H and O–H groups in total. The first-order chi connectivity index (χ1) is 9.63. The first-order valence-electron chi connectivity index (χ1n) is 7.73. The highest BCUT2D eigenvalue weighted by atomic mass is 16.5. The van der Waals surface area contributed by atoms with Crippen LogP contribution in [0.25, 0.3) is 0 Å². The molecule has 0 aromatic rings. The Morgan fingerprint density at radius 2 is 2.00 bits per heavy atom. The van der Waals surface area contributed by atoms with Crippen LogP contribution in [0.5, 0.6) is 0 Å². The predicted molar refractivity (Wildman–Crippen MR) is 76.5 cm³/mol. The Morgan fingerprint density at radius 1 is 1.30 bits per heavy atom. The Balaban J connectivity index is 2.18. The van der Waals surface area contributed by atoms with Gasteiger partial charge in [-0.25, -0.2) is 4.79 Å². The van der Waals surface area contributed by atoms with Gasteiger partial charge >= 0.3 is 5.97 Å². The monoisotopic (exact) mass is 285 g/mol. The van der Waals surface area contributed by atoms with Crippen molar-refractivity contribution in [1.29, 1.82) is 0 Å². The molecule has 5 heteroatoms. The fourth-order valence-corrected chi connectivity index (χ4v) is 2.52. The van der Waals surface area contributed by atoms with E-state index in [9.17, 15) is 9.59 Å². The first-order valence-corrected chi connectivity index (χ1v) is 7.73. The number of carbonyl (C=O) groups is 2. The van der Waals surface area contributed by atoms with Crippen molar-refractivity contribution in [2.24, 2.45) is 5.92 Å². The van der Waals surface area contributed by atoms with E-state index in [0.717, 1.165) is 51.7 Å². The van der Waals surface area contributed by atoms with Crippen molar-refractivity contribution >= 4 is 11.9 Å². The topological polar surface area (TPSA) is 75.6 Å². The molecule has 1 rings (SSSR count). The maximum Gasteiger partial charge on any atom is 0.326 e. The average molecular weight is 285 g/mol. The van der Waals surface area contributed by atoms with Gasteiger partial charge in [0.1, 0.15) is 6.04 Å². The van der Waals surface area contributed by atoms with Crippen molar-refractivity contribution < 1.29 is 19.4 Å². The molecule has 1 aliphatic rings. The fourth-order valence-electron chi connectivity index (χ4n) is 2.52. The zero-order chi connectivity index (χ0) is 14.8. The van der Waals surface area contributed by atoms with E-state index >= 15 is 0 Å². The Bertz CT molecular complexity index is 300. The number of amides is 1. The second-order valence-corrected chi connectivity index (χ2v) is 5.55. The van der Waals surface area contributed by atoms with E-state index in [0.29, 0.717) is 18.8 Å². The molecule has 0 aromatic carbocycles. The minimum atomic E-state index is -0.934. The van der Waals surface area contributed by atoms with Crippen molar-refractivity contribution in [2.75, 3.05) is 13.2 Å². The van der Waals surface area contributed by atoms with E-state index < -0.39 is 12.0 Å². The van der Waals surface area contributed by atoms with E-state index in [-0.39, 0.29) is 5.91 Å². The fraction of sp³-hybridized carbons (Fsp3) is 0.867. The summed E-state index contributed by atoms with van der Waals surface area (Å²) in [6.07, 6.45) is 6.71. The van der Waals surface area contributed by atoms with Gasteiger partial charge in [-0.2, -0.15) is 0 Å². The number of unbranched alkanes of at least 4 members (excludes halogenated alkanes) is 1. The molecule has 116 valence electrons. The van der Waals surface area contributed by atoms with Crippen molar-refractivity contribution in [3.05, 3.63) is 0 Å². The van der Waals surface area contributed by atoms with Gasteiger partial charge in [-0.3, -0.25) is 4.79 Å². The molecule has 1 unspecified atom stereocenters. The van der Waals surface area contributed by atoms with Crippen molar-refractivity contribution in [1.82, 2.24) is 5.32 Å². The Hall–Kier alpha value is -1.10. The summed E-state index contributed by atoms with van der Waals surface area (Å²) in [6, 6.07) is -0.731. The standard InChI is InChI=1S/C15H27NO4/c1-2-3-6-13(15(18)19)16-14(17)7-4-5-12-8-10-20-11-9-12/h12-13H,2-11H2,1H3,(H,16,17)(H,18,19). The van der Waals surface area contributed by atoms with E-state index in [4.69, 9.17) is 9.84 Å². The molecule has 5 nitrogen and oxygen atoms in total. The molecule has 0 saturated carbocycles.